The highest BCUT2D eigenvalue weighted by Crippen LogP contribution is 2.28. The molecule has 1 aliphatic rings. The van der Waals surface area contributed by atoms with Crippen molar-refractivity contribution < 1.29 is 16.1 Å². The number of hydroxylamine groups is 1. The first-order chi connectivity index (χ1) is 8.89. The predicted molar refractivity (Wildman–Crippen MR) is 83.6 cm³/mol. The summed E-state index contributed by atoms with van der Waals surface area (Å²) < 4.78 is 5.53. The highest BCUT2D eigenvalue weighted by Gasteiger charge is 2.33. The van der Waals surface area contributed by atoms with Crippen LogP contribution in [-0.2, 0) is 9.57 Å². The second kappa shape index (κ2) is 6.89. The molecule has 0 aromatic carbocycles. The van der Waals surface area contributed by atoms with Crippen LogP contribution in [0.4, 0.5) is 0 Å². The molecule has 0 aliphatic carbocycles. The van der Waals surface area contributed by atoms with E-state index in [9.17, 15) is 5.11 Å². The molecule has 5 heteroatoms. The van der Waals surface area contributed by atoms with Crippen LogP contribution in [0.25, 0.3) is 0 Å². The monoisotopic (exact) mass is 290 g/mol. The van der Waals surface area contributed by atoms with Crippen LogP contribution in [0.3, 0.4) is 0 Å². The molecule has 0 fully saturated rings. The molecular weight excluding hydrogens is 256 g/mol. The van der Waals surface area contributed by atoms with Crippen LogP contribution in [0.1, 0.15) is 63.7 Å². The van der Waals surface area contributed by atoms with Crippen molar-refractivity contribution >= 4 is 0 Å². The van der Waals surface area contributed by atoms with Gasteiger partial charge in [-0.1, -0.05) is 34.6 Å². The minimum atomic E-state index is -1.43. The van der Waals surface area contributed by atoms with E-state index in [1.165, 1.54) is 0 Å². The molecular formula is C15H34N2O3. The summed E-state index contributed by atoms with van der Waals surface area (Å²) in [4.78, 5) is 5.39. The summed E-state index contributed by atoms with van der Waals surface area (Å²) in [7, 11) is 0. The maximum atomic E-state index is 10.1. The molecule has 0 aromatic heterocycles. The van der Waals surface area contributed by atoms with Gasteiger partial charge < -0.3 is 14.7 Å². The zero-order valence-corrected chi connectivity index (χ0v) is 14.4. The van der Waals surface area contributed by atoms with Crippen molar-refractivity contribution in [2.24, 2.45) is 5.41 Å². The molecule has 0 amide bonds. The standard InChI is InChI=1S/C13H26N2O3.C2H6.H2/c1-11(2,3)9-8-10(15-17-9)14-13(7,16)18-12(4,5)6;1-2;/h8,10,14-16H,1-7H3;1-2H3;1H. The molecule has 5 nitrogen and oxygen atoms in total. The first-order valence-corrected chi connectivity index (χ1v) is 7.24. The van der Waals surface area contributed by atoms with Gasteiger partial charge in [0.2, 0.25) is 5.91 Å². The van der Waals surface area contributed by atoms with E-state index in [2.05, 4.69) is 31.6 Å². The highest BCUT2D eigenvalue weighted by atomic mass is 16.7. The van der Waals surface area contributed by atoms with Crippen molar-refractivity contribution in [2.45, 2.75) is 80.0 Å². The molecule has 0 saturated heterocycles. The Labute approximate surface area is 125 Å². The van der Waals surface area contributed by atoms with Gasteiger partial charge in [0, 0.05) is 13.8 Å². The van der Waals surface area contributed by atoms with Crippen molar-refractivity contribution in [1.82, 2.24) is 10.8 Å². The molecule has 0 radical (unpaired) electrons. The highest BCUT2D eigenvalue weighted by molar-refractivity contribution is 5.10. The Kier molecular flexibility index (Phi) is 6.68. The van der Waals surface area contributed by atoms with Gasteiger partial charge in [0.15, 0.2) is 0 Å². The van der Waals surface area contributed by atoms with E-state index in [4.69, 9.17) is 9.57 Å². The normalized spacial score (nSPS) is 22.3. The van der Waals surface area contributed by atoms with Gasteiger partial charge in [0.1, 0.15) is 11.9 Å². The molecule has 20 heavy (non-hydrogen) atoms. The summed E-state index contributed by atoms with van der Waals surface area (Å²) in [6.45, 7) is 17.4. The number of nitrogens with one attached hydrogen (secondary N) is 2. The average Bonchev–Trinajstić information content (AvgIpc) is 2.63. The predicted octanol–water partition coefficient (Wildman–Crippen LogP) is 3.12. The fourth-order valence-corrected chi connectivity index (χ4v) is 1.73. The van der Waals surface area contributed by atoms with Crippen LogP contribution >= 0.6 is 0 Å². The number of hydrogen-bond donors (Lipinski definition) is 3. The van der Waals surface area contributed by atoms with Gasteiger partial charge in [-0.15, -0.1) is 5.48 Å². The first kappa shape index (κ1) is 19.4. The summed E-state index contributed by atoms with van der Waals surface area (Å²) in [6, 6.07) is 0. The summed E-state index contributed by atoms with van der Waals surface area (Å²) in [5.74, 6) is -0.588. The second-order valence-electron chi connectivity index (χ2n) is 6.82. The minimum absolute atomic E-state index is 0. The van der Waals surface area contributed by atoms with Gasteiger partial charge in [-0.05, 0) is 26.8 Å². The van der Waals surface area contributed by atoms with Crippen molar-refractivity contribution in [1.29, 1.82) is 0 Å². The Morgan fingerprint density at radius 2 is 1.70 bits per heavy atom. The van der Waals surface area contributed by atoms with Crippen LogP contribution in [0.15, 0.2) is 11.8 Å². The van der Waals surface area contributed by atoms with Gasteiger partial charge in [0.25, 0.3) is 0 Å². The Hall–Kier alpha value is -0.620. The zero-order chi connectivity index (χ0) is 16.2. The van der Waals surface area contributed by atoms with Gasteiger partial charge in [0.05, 0.1) is 5.60 Å². The van der Waals surface area contributed by atoms with Gasteiger partial charge in [-0.25, -0.2) is 5.32 Å². The van der Waals surface area contributed by atoms with E-state index < -0.39 is 11.5 Å². The molecule has 122 valence electrons. The molecule has 1 rings (SSSR count). The number of hydrogen-bond acceptors (Lipinski definition) is 5. The van der Waals surface area contributed by atoms with Crippen molar-refractivity contribution in [2.75, 3.05) is 0 Å². The van der Waals surface area contributed by atoms with Crippen LogP contribution < -0.4 is 10.8 Å². The lowest BCUT2D eigenvalue weighted by Crippen LogP contribution is -2.55. The van der Waals surface area contributed by atoms with Gasteiger partial charge in [-0.2, -0.15) is 0 Å². The van der Waals surface area contributed by atoms with Crippen molar-refractivity contribution in [3.05, 3.63) is 11.8 Å². The van der Waals surface area contributed by atoms with Crippen LogP contribution in [0.2, 0.25) is 0 Å². The molecule has 1 heterocycles. The first-order valence-electron chi connectivity index (χ1n) is 7.24. The number of ether oxygens (including phenoxy) is 1. The quantitative estimate of drug-likeness (QED) is 0.697. The third-order valence-corrected chi connectivity index (χ3v) is 2.28. The third kappa shape index (κ3) is 7.24. The van der Waals surface area contributed by atoms with Crippen molar-refractivity contribution in [3.63, 3.8) is 0 Å². The second-order valence-corrected chi connectivity index (χ2v) is 6.82. The molecule has 0 bridgehead atoms. The summed E-state index contributed by atoms with van der Waals surface area (Å²) in [6.07, 6.45) is 1.62. The lowest BCUT2D eigenvalue weighted by molar-refractivity contribution is -0.264. The fraction of sp³-hybridized carbons (Fsp3) is 0.867. The topological polar surface area (TPSA) is 62.8 Å². The number of rotatable bonds is 3. The Morgan fingerprint density at radius 3 is 2.05 bits per heavy atom. The third-order valence-electron chi connectivity index (χ3n) is 2.28. The van der Waals surface area contributed by atoms with Crippen LogP contribution in [0.5, 0.6) is 0 Å². The van der Waals surface area contributed by atoms with E-state index >= 15 is 0 Å². The molecule has 0 saturated carbocycles. The summed E-state index contributed by atoms with van der Waals surface area (Å²) >= 11 is 0. The minimum Gasteiger partial charge on any atom is -0.411 e. The van der Waals surface area contributed by atoms with E-state index in [1.54, 1.807) is 6.92 Å². The van der Waals surface area contributed by atoms with E-state index in [0.717, 1.165) is 5.76 Å². The number of allylic oxidation sites excluding steroid dienone is 1. The molecule has 2 atom stereocenters. The average molecular weight is 290 g/mol. The van der Waals surface area contributed by atoms with Crippen LogP contribution in [0, 0.1) is 5.41 Å². The Balaban J connectivity index is 0. The van der Waals surface area contributed by atoms with Gasteiger partial charge >= 0.3 is 0 Å². The molecule has 3 N–H and O–H groups in total. The largest absolute Gasteiger partial charge is 0.411 e. The lowest BCUT2D eigenvalue weighted by atomic mass is 9.93. The summed E-state index contributed by atoms with van der Waals surface area (Å²) in [5, 5.41) is 13.1. The fourth-order valence-electron chi connectivity index (χ4n) is 1.73. The lowest BCUT2D eigenvalue weighted by Gasteiger charge is -2.34. The molecule has 0 aromatic rings. The Bertz CT molecular complexity index is 331. The maximum absolute atomic E-state index is 10.1. The van der Waals surface area contributed by atoms with E-state index in [0.29, 0.717) is 0 Å². The van der Waals surface area contributed by atoms with E-state index in [-0.39, 0.29) is 13.0 Å². The van der Waals surface area contributed by atoms with Crippen LogP contribution in [-0.4, -0.2) is 22.8 Å². The van der Waals surface area contributed by atoms with Crippen molar-refractivity contribution in [3.8, 4) is 0 Å². The molecule has 1 aliphatic heterocycles. The molecule has 0 spiro atoms. The smallest absolute Gasteiger partial charge is 0.223 e. The molecule has 2 unspecified atom stereocenters. The summed E-state index contributed by atoms with van der Waals surface area (Å²) in [5.41, 5.74) is 2.30. The van der Waals surface area contributed by atoms with E-state index in [1.807, 2.05) is 40.7 Å². The zero-order valence-electron chi connectivity index (χ0n) is 14.4. The van der Waals surface area contributed by atoms with Gasteiger partial charge in [-0.3, -0.25) is 0 Å². The Morgan fingerprint density at radius 1 is 1.20 bits per heavy atom. The maximum Gasteiger partial charge on any atom is 0.223 e. The SMILES string of the molecule is CC.CC(C)(C)OC(C)(O)NC1C=C(C(C)(C)C)ON1.[HH]. The number of aliphatic hydroxyl groups is 1.